The Morgan fingerprint density at radius 3 is 2.69 bits per heavy atom. The first kappa shape index (κ1) is 20.4. The zero-order chi connectivity index (χ0) is 20.8. The molecule has 1 unspecified atom stereocenters. The number of anilines is 2. The quantitative estimate of drug-likeness (QED) is 0.801. The van der Waals surface area contributed by atoms with E-state index in [0.29, 0.717) is 30.4 Å². The lowest BCUT2D eigenvalue weighted by atomic mass is 10.1. The molecule has 1 fully saturated rings. The average molecular weight is 402 g/mol. The first-order chi connectivity index (χ1) is 13.9. The molecular formula is C20H23FN4O4. The fourth-order valence-electron chi connectivity index (χ4n) is 3.08. The molecule has 0 radical (unpaired) electrons. The smallest absolute Gasteiger partial charge is 0.323 e. The molecule has 0 saturated carbocycles. The molecule has 1 aliphatic heterocycles. The van der Waals surface area contributed by atoms with E-state index >= 15 is 0 Å². The number of hydrogen-bond acceptors (Lipinski definition) is 5. The van der Waals surface area contributed by atoms with Crippen LogP contribution in [0.1, 0.15) is 19.8 Å². The summed E-state index contributed by atoms with van der Waals surface area (Å²) in [5.74, 6) is 0.170. The summed E-state index contributed by atoms with van der Waals surface area (Å²) in [7, 11) is 1.50. The second-order valence-electron chi connectivity index (χ2n) is 6.69. The molecule has 29 heavy (non-hydrogen) atoms. The van der Waals surface area contributed by atoms with Gasteiger partial charge in [-0.1, -0.05) is 0 Å². The number of carbonyl (C=O) groups excluding carboxylic acids is 2. The van der Waals surface area contributed by atoms with E-state index in [0.717, 1.165) is 12.8 Å². The predicted octanol–water partition coefficient (Wildman–Crippen LogP) is 3.26. The Hall–Kier alpha value is -3.36. The highest BCUT2D eigenvalue weighted by Crippen LogP contribution is 2.24. The van der Waals surface area contributed by atoms with Crippen molar-refractivity contribution in [3.05, 3.63) is 42.3 Å². The summed E-state index contributed by atoms with van der Waals surface area (Å²) in [6.07, 6.45) is 2.82. The number of nitrogens with one attached hydrogen (secondary N) is 2. The molecule has 1 saturated heterocycles. The van der Waals surface area contributed by atoms with Gasteiger partial charge in [-0.3, -0.25) is 4.79 Å². The van der Waals surface area contributed by atoms with E-state index in [1.54, 1.807) is 23.1 Å². The Bertz CT molecular complexity index is 875. The highest BCUT2D eigenvalue weighted by molar-refractivity contribution is 5.99. The van der Waals surface area contributed by atoms with Crippen LogP contribution in [-0.4, -0.2) is 48.1 Å². The molecule has 1 aliphatic rings. The highest BCUT2D eigenvalue weighted by atomic mass is 19.1. The van der Waals surface area contributed by atoms with Gasteiger partial charge in [0.25, 0.3) is 0 Å². The van der Waals surface area contributed by atoms with Crippen LogP contribution in [0.3, 0.4) is 0 Å². The van der Waals surface area contributed by atoms with Crippen LogP contribution in [0.2, 0.25) is 0 Å². The molecule has 0 aliphatic carbocycles. The summed E-state index contributed by atoms with van der Waals surface area (Å²) in [4.78, 5) is 29.4. The third-order valence-electron chi connectivity index (χ3n) is 4.46. The monoisotopic (exact) mass is 402 g/mol. The van der Waals surface area contributed by atoms with Gasteiger partial charge in [-0.05, 0) is 25.0 Å². The minimum absolute atomic E-state index is 0.00964. The molecule has 2 N–H and O–H groups in total. The number of piperidine rings is 1. The fraction of sp³-hybridized carbons (Fsp3) is 0.350. The third kappa shape index (κ3) is 5.81. The van der Waals surface area contributed by atoms with E-state index in [4.69, 9.17) is 9.47 Å². The molecule has 9 heteroatoms. The summed E-state index contributed by atoms with van der Waals surface area (Å²) in [6.45, 7) is 2.68. The maximum Gasteiger partial charge on any atom is 0.323 e. The molecule has 1 aromatic carbocycles. The molecule has 2 heterocycles. The topological polar surface area (TPSA) is 92.8 Å². The number of nitrogens with zero attached hydrogens (tertiary/aromatic N) is 2. The van der Waals surface area contributed by atoms with Crippen molar-refractivity contribution in [1.29, 1.82) is 0 Å². The Balaban J connectivity index is 1.62. The molecule has 2 aromatic rings. The zero-order valence-electron chi connectivity index (χ0n) is 16.3. The molecule has 3 amide bonds. The zero-order valence-corrected chi connectivity index (χ0v) is 16.3. The van der Waals surface area contributed by atoms with E-state index in [1.165, 1.54) is 32.4 Å². The Kier molecular flexibility index (Phi) is 6.48. The Morgan fingerprint density at radius 1 is 1.21 bits per heavy atom. The van der Waals surface area contributed by atoms with Gasteiger partial charge in [-0.2, -0.15) is 0 Å². The number of methoxy groups -OCH3 is 1. The average Bonchev–Trinajstić information content (AvgIpc) is 2.68. The first-order valence-corrected chi connectivity index (χ1v) is 9.24. The van der Waals surface area contributed by atoms with E-state index < -0.39 is 11.8 Å². The van der Waals surface area contributed by atoms with Gasteiger partial charge in [0.1, 0.15) is 17.7 Å². The standard InChI is InChI=1S/C20H23FN4O4/c1-13(26)25-7-3-4-17(12-25)29-18-9-14(21)8-16(10-18)24-20(27)23-15-5-6-19(28-2)22-11-15/h5-6,8-11,17H,3-4,7,12H2,1-2H3,(H2,23,24,27). The largest absolute Gasteiger partial charge is 0.488 e. The van der Waals surface area contributed by atoms with Crippen molar-refractivity contribution < 1.29 is 23.5 Å². The number of aromatic nitrogens is 1. The number of likely N-dealkylation sites (tertiary alicyclic amines) is 1. The van der Waals surface area contributed by atoms with Crippen molar-refractivity contribution in [2.75, 3.05) is 30.8 Å². The van der Waals surface area contributed by atoms with Gasteiger partial charge in [0, 0.05) is 37.4 Å². The molecule has 0 bridgehead atoms. The Labute approximate surface area is 168 Å². The van der Waals surface area contributed by atoms with Gasteiger partial charge in [-0.25, -0.2) is 14.2 Å². The van der Waals surface area contributed by atoms with Crippen LogP contribution in [0.4, 0.5) is 20.6 Å². The van der Waals surface area contributed by atoms with Crippen molar-refractivity contribution in [1.82, 2.24) is 9.88 Å². The number of urea groups is 1. The number of ether oxygens (including phenoxy) is 2. The summed E-state index contributed by atoms with van der Waals surface area (Å²) in [5, 5.41) is 5.18. The van der Waals surface area contributed by atoms with Crippen LogP contribution in [0.15, 0.2) is 36.5 Å². The minimum Gasteiger partial charge on any atom is -0.488 e. The Morgan fingerprint density at radius 2 is 2.00 bits per heavy atom. The van der Waals surface area contributed by atoms with Gasteiger partial charge >= 0.3 is 6.03 Å². The SMILES string of the molecule is COc1ccc(NC(=O)Nc2cc(F)cc(OC3CCCN(C(C)=O)C3)c2)cn1. The van der Waals surface area contributed by atoms with Crippen LogP contribution in [0, 0.1) is 5.82 Å². The summed E-state index contributed by atoms with van der Waals surface area (Å²) >= 11 is 0. The molecular weight excluding hydrogens is 379 g/mol. The fourth-order valence-corrected chi connectivity index (χ4v) is 3.08. The van der Waals surface area contributed by atoms with Crippen molar-refractivity contribution in [3.63, 3.8) is 0 Å². The van der Waals surface area contributed by atoms with Crippen molar-refractivity contribution in [3.8, 4) is 11.6 Å². The lowest BCUT2D eigenvalue weighted by Gasteiger charge is -2.32. The van der Waals surface area contributed by atoms with Crippen molar-refractivity contribution in [2.24, 2.45) is 0 Å². The number of hydrogen-bond donors (Lipinski definition) is 2. The van der Waals surface area contributed by atoms with Crippen LogP contribution >= 0.6 is 0 Å². The summed E-state index contributed by atoms with van der Waals surface area (Å²) < 4.78 is 24.8. The van der Waals surface area contributed by atoms with E-state index in [1.807, 2.05) is 0 Å². The lowest BCUT2D eigenvalue weighted by molar-refractivity contribution is -0.131. The predicted molar refractivity (Wildman–Crippen MR) is 106 cm³/mol. The van der Waals surface area contributed by atoms with Crippen LogP contribution in [-0.2, 0) is 4.79 Å². The van der Waals surface area contributed by atoms with E-state index in [-0.39, 0.29) is 17.7 Å². The number of rotatable bonds is 5. The van der Waals surface area contributed by atoms with Gasteiger partial charge < -0.3 is 25.0 Å². The molecule has 1 atom stereocenters. The third-order valence-corrected chi connectivity index (χ3v) is 4.46. The molecule has 0 spiro atoms. The van der Waals surface area contributed by atoms with Gasteiger partial charge in [0.2, 0.25) is 11.8 Å². The molecule has 1 aromatic heterocycles. The van der Waals surface area contributed by atoms with E-state index in [2.05, 4.69) is 15.6 Å². The van der Waals surface area contributed by atoms with Crippen LogP contribution in [0.25, 0.3) is 0 Å². The van der Waals surface area contributed by atoms with Gasteiger partial charge in [0.05, 0.1) is 25.5 Å². The van der Waals surface area contributed by atoms with Gasteiger partial charge in [0.15, 0.2) is 0 Å². The number of amides is 3. The maximum absolute atomic E-state index is 14.0. The number of pyridine rings is 1. The second-order valence-corrected chi connectivity index (χ2v) is 6.69. The molecule has 3 rings (SSSR count). The van der Waals surface area contributed by atoms with Crippen LogP contribution in [0.5, 0.6) is 11.6 Å². The molecule has 154 valence electrons. The lowest BCUT2D eigenvalue weighted by Crippen LogP contribution is -2.43. The first-order valence-electron chi connectivity index (χ1n) is 9.24. The van der Waals surface area contributed by atoms with Crippen molar-refractivity contribution in [2.45, 2.75) is 25.9 Å². The van der Waals surface area contributed by atoms with E-state index in [9.17, 15) is 14.0 Å². The highest BCUT2D eigenvalue weighted by Gasteiger charge is 2.23. The maximum atomic E-state index is 14.0. The van der Waals surface area contributed by atoms with Crippen LogP contribution < -0.4 is 20.1 Å². The second kappa shape index (κ2) is 9.22. The number of carbonyl (C=O) groups is 2. The van der Waals surface area contributed by atoms with Gasteiger partial charge in [-0.15, -0.1) is 0 Å². The number of halogens is 1. The molecule has 8 nitrogen and oxygen atoms in total. The number of benzene rings is 1. The van der Waals surface area contributed by atoms with Crippen molar-refractivity contribution >= 4 is 23.3 Å². The summed E-state index contributed by atoms with van der Waals surface area (Å²) in [6, 6.07) is 6.69. The minimum atomic E-state index is -0.547. The normalized spacial score (nSPS) is 16.1. The summed E-state index contributed by atoms with van der Waals surface area (Å²) in [5.41, 5.74) is 0.709.